The van der Waals surface area contributed by atoms with Gasteiger partial charge in [0.15, 0.2) is 9.84 Å². The van der Waals surface area contributed by atoms with Crippen molar-refractivity contribution in [3.8, 4) is 0 Å². The number of nitrogens with zero attached hydrogens (tertiary/aromatic N) is 1. The highest BCUT2D eigenvalue weighted by atomic mass is 32.2. The number of thioether (sulfide) groups is 1. The van der Waals surface area contributed by atoms with Crippen molar-refractivity contribution in [3.05, 3.63) is 12.4 Å². The average Bonchev–Trinajstić information content (AvgIpc) is 2.85. The lowest BCUT2D eigenvalue weighted by atomic mass is 10.4. The van der Waals surface area contributed by atoms with Gasteiger partial charge in [-0.2, -0.15) is 5.10 Å². The molecule has 2 rings (SSSR count). The van der Waals surface area contributed by atoms with Crippen LogP contribution in [0.5, 0.6) is 0 Å². The first-order chi connectivity index (χ1) is 8.05. The maximum Gasteiger partial charge on any atom is 0.234 e. The van der Waals surface area contributed by atoms with Crippen LogP contribution in [0, 0.1) is 0 Å². The summed E-state index contributed by atoms with van der Waals surface area (Å²) in [6.45, 7) is 0. The summed E-state index contributed by atoms with van der Waals surface area (Å²) in [6.07, 6.45) is 3.75. The molecule has 2 heterocycles. The maximum absolute atomic E-state index is 11.5. The maximum atomic E-state index is 11.5. The third-order valence-corrected chi connectivity index (χ3v) is 5.70. The first-order valence-corrected chi connectivity index (χ1v) is 8.03. The van der Waals surface area contributed by atoms with Gasteiger partial charge in [-0.05, 0) is 6.42 Å². The molecule has 6 nitrogen and oxygen atoms in total. The fourth-order valence-corrected chi connectivity index (χ4v) is 5.05. The Balaban J connectivity index is 1.74. The standard InChI is InChI=1S/C9H13N3O3S2/c13-9(12-7-3-10-11-4-7)5-16-8-1-2-17(14,15)6-8/h3-4,8H,1-2,5-6H2,(H,10,11)(H,12,13). The Morgan fingerprint density at radius 3 is 3.06 bits per heavy atom. The van der Waals surface area contributed by atoms with Gasteiger partial charge in [0.2, 0.25) is 5.91 Å². The topological polar surface area (TPSA) is 91.9 Å². The molecule has 1 aliphatic heterocycles. The molecular weight excluding hydrogens is 262 g/mol. The summed E-state index contributed by atoms with van der Waals surface area (Å²) < 4.78 is 22.4. The highest BCUT2D eigenvalue weighted by molar-refractivity contribution is 8.02. The largest absolute Gasteiger partial charge is 0.323 e. The Kier molecular flexibility index (Phi) is 3.72. The SMILES string of the molecule is O=C(CSC1CCS(=O)(=O)C1)Nc1cn[nH]c1. The number of hydrogen-bond acceptors (Lipinski definition) is 5. The van der Waals surface area contributed by atoms with Crippen LogP contribution in [0.1, 0.15) is 6.42 Å². The number of carbonyl (C=O) groups is 1. The number of aromatic amines is 1. The van der Waals surface area contributed by atoms with E-state index in [1.165, 1.54) is 18.0 Å². The van der Waals surface area contributed by atoms with E-state index in [-0.39, 0.29) is 28.4 Å². The molecule has 1 aromatic heterocycles. The number of nitrogens with one attached hydrogen (secondary N) is 2. The van der Waals surface area contributed by atoms with Crippen molar-refractivity contribution in [3.63, 3.8) is 0 Å². The number of anilines is 1. The van der Waals surface area contributed by atoms with Crippen LogP contribution in [0.4, 0.5) is 5.69 Å². The van der Waals surface area contributed by atoms with Gasteiger partial charge in [0.1, 0.15) is 0 Å². The molecular formula is C9H13N3O3S2. The molecule has 94 valence electrons. The molecule has 0 spiro atoms. The number of hydrogen-bond donors (Lipinski definition) is 2. The molecule has 1 aliphatic rings. The monoisotopic (exact) mass is 275 g/mol. The minimum absolute atomic E-state index is 0.0510. The molecule has 1 saturated heterocycles. The Labute approximate surface area is 103 Å². The zero-order valence-electron chi connectivity index (χ0n) is 9.05. The molecule has 0 aliphatic carbocycles. The van der Waals surface area contributed by atoms with Gasteiger partial charge in [-0.3, -0.25) is 9.89 Å². The third kappa shape index (κ3) is 3.74. The first kappa shape index (κ1) is 12.4. The molecule has 0 bridgehead atoms. The van der Waals surface area contributed by atoms with E-state index >= 15 is 0 Å². The van der Waals surface area contributed by atoms with E-state index in [9.17, 15) is 13.2 Å². The van der Waals surface area contributed by atoms with Crippen molar-refractivity contribution in [2.75, 3.05) is 22.6 Å². The molecule has 1 atom stereocenters. The van der Waals surface area contributed by atoms with Gasteiger partial charge < -0.3 is 5.32 Å². The second kappa shape index (κ2) is 5.09. The average molecular weight is 275 g/mol. The first-order valence-electron chi connectivity index (χ1n) is 5.16. The van der Waals surface area contributed by atoms with Gasteiger partial charge in [0.05, 0.1) is 29.1 Å². The summed E-state index contributed by atoms with van der Waals surface area (Å²) in [7, 11) is -2.86. The van der Waals surface area contributed by atoms with E-state index in [0.717, 1.165) is 0 Å². The number of aromatic nitrogens is 2. The normalized spacial score (nSPS) is 22.5. The second-order valence-electron chi connectivity index (χ2n) is 3.87. The van der Waals surface area contributed by atoms with E-state index in [1.54, 1.807) is 6.20 Å². The highest BCUT2D eigenvalue weighted by Crippen LogP contribution is 2.24. The lowest BCUT2D eigenvalue weighted by molar-refractivity contribution is -0.113. The van der Waals surface area contributed by atoms with Crippen molar-refractivity contribution in [1.29, 1.82) is 0 Å². The number of sulfone groups is 1. The Morgan fingerprint density at radius 1 is 1.65 bits per heavy atom. The van der Waals surface area contributed by atoms with Crippen molar-refractivity contribution < 1.29 is 13.2 Å². The molecule has 0 saturated carbocycles. The summed E-state index contributed by atoms with van der Waals surface area (Å²) in [6, 6.07) is 0. The van der Waals surface area contributed by atoms with E-state index in [4.69, 9.17) is 0 Å². The second-order valence-corrected chi connectivity index (χ2v) is 7.39. The smallest absolute Gasteiger partial charge is 0.234 e. The van der Waals surface area contributed by atoms with E-state index in [1.807, 2.05) is 0 Å². The number of H-pyrrole nitrogens is 1. The van der Waals surface area contributed by atoms with Gasteiger partial charge in [0, 0.05) is 11.4 Å². The Morgan fingerprint density at radius 2 is 2.47 bits per heavy atom. The Hall–Kier alpha value is -1.02. The minimum Gasteiger partial charge on any atom is -0.323 e. The van der Waals surface area contributed by atoms with Crippen LogP contribution < -0.4 is 5.32 Å². The molecule has 0 aromatic carbocycles. The highest BCUT2D eigenvalue weighted by Gasteiger charge is 2.28. The van der Waals surface area contributed by atoms with Crippen LogP contribution in [0.3, 0.4) is 0 Å². The summed E-state index contributed by atoms with van der Waals surface area (Å²) in [5.74, 6) is 0.566. The van der Waals surface area contributed by atoms with Crippen molar-refractivity contribution >= 4 is 33.2 Å². The fourth-order valence-electron chi connectivity index (χ4n) is 1.60. The minimum atomic E-state index is -2.86. The van der Waals surface area contributed by atoms with Crippen molar-refractivity contribution in [1.82, 2.24) is 10.2 Å². The summed E-state index contributed by atoms with van der Waals surface area (Å²) >= 11 is 1.39. The predicted molar refractivity (Wildman–Crippen MR) is 66.7 cm³/mol. The Bertz CT molecular complexity index is 484. The van der Waals surface area contributed by atoms with Crippen LogP contribution >= 0.6 is 11.8 Å². The molecule has 17 heavy (non-hydrogen) atoms. The zero-order valence-corrected chi connectivity index (χ0v) is 10.7. The van der Waals surface area contributed by atoms with E-state index in [0.29, 0.717) is 12.1 Å². The summed E-state index contributed by atoms with van der Waals surface area (Å²) in [5.41, 5.74) is 0.620. The quantitative estimate of drug-likeness (QED) is 0.823. The molecule has 1 aromatic rings. The molecule has 8 heteroatoms. The van der Waals surface area contributed by atoms with Crippen molar-refractivity contribution in [2.24, 2.45) is 0 Å². The summed E-state index contributed by atoms with van der Waals surface area (Å²) in [5, 5.41) is 9.01. The lowest BCUT2D eigenvalue weighted by Crippen LogP contribution is -2.16. The van der Waals surface area contributed by atoms with Crippen molar-refractivity contribution in [2.45, 2.75) is 11.7 Å². The van der Waals surface area contributed by atoms with Gasteiger partial charge >= 0.3 is 0 Å². The van der Waals surface area contributed by atoms with E-state index in [2.05, 4.69) is 15.5 Å². The van der Waals surface area contributed by atoms with Crippen LogP contribution in [-0.4, -0.2) is 47.0 Å². The van der Waals surface area contributed by atoms with Gasteiger partial charge in [-0.25, -0.2) is 8.42 Å². The molecule has 1 fully saturated rings. The summed E-state index contributed by atoms with van der Waals surface area (Å²) in [4.78, 5) is 11.5. The van der Waals surface area contributed by atoms with Gasteiger partial charge in [-0.1, -0.05) is 0 Å². The third-order valence-electron chi connectivity index (χ3n) is 2.42. The van der Waals surface area contributed by atoms with Crippen LogP contribution in [0.25, 0.3) is 0 Å². The van der Waals surface area contributed by atoms with Gasteiger partial charge in [0.25, 0.3) is 0 Å². The van der Waals surface area contributed by atoms with Crippen LogP contribution in [-0.2, 0) is 14.6 Å². The zero-order chi connectivity index (χ0) is 12.3. The lowest BCUT2D eigenvalue weighted by Gasteiger charge is -2.06. The molecule has 1 amide bonds. The van der Waals surface area contributed by atoms with Gasteiger partial charge in [-0.15, -0.1) is 11.8 Å². The number of rotatable bonds is 4. The molecule has 1 unspecified atom stereocenters. The molecule has 2 N–H and O–H groups in total. The van der Waals surface area contributed by atoms with E-state index < -0.39 is 9.84 Å². The molecule has 0 radical (unpaired) electrons. The fraction of sp³-hybridized carbons (Fsp3) is 0.556. The van der Waals surface area contributed by atoms with Crippen LogP contribution in [0.2, 0.25) is 0 Å². The predicted octanol–water partition coefficient (Wildman–Crippen LogP) is 0.268. The van der Waals surface area contributed by atoms with Crippen LogP contribution in [0.15, 0.2) is 12.4 Å². The number of carbonyl (C=O) groups excluding carboxylic acids is 1. The number of amides is 1.